The summed E-state index contributed by atoms with van der Waals surface area (Å²) in [6.45, 7) is 3.49. The molecule has 0 radical (unpaired) electrons. The molecule has 24 heavy (non-hydrogen) atoms. The van der Waals surface area contributed by atoms with E-state index in [1.54, 1.807) is 31.2 Å². The molecule has 0 aliphatic rings. The Morgan fingerprint density at radius 1 is 1.17 bits per heavy atom. The minimum absolute atomic E-state index is 0.0676. The molecule has 1 atom stereocenters. The van der Waals surface area contributed by atoms with Gasteiger partial charge in [-0.1, -0.05) is 0 Å². The molecule has 5 heteroatoms. The lowest BCUT2D eigenvalue weighted by Crippen LogP contribution is -2.38. The number of carbonyl (C=O) groups excluding carboxylic acids is 1. The molecule has 0 saturated carbocycles. The minimum atomic E-state index is -1.25. The van der Waals surface area contributed by atoms with Crippen LogP contribution in [-0.2, 0) is 5.60 Å². The Labute approximate surface area is 140 Å². The first kappa shape index (κ1) is 16.1. The van der Waals surface area contributed by atoms with Crippen LogP contribution < -0.4 is 5.32 Å². The molecule has 2 heterocycles. The Balaban J connectivity index is 1.64. The van der Waals surface area contributed by atoms with Crippen LogP contribution in [0, 0.1) is 6.92 Å². The van der Waals surface area contributed by atoms with E-state index in [0.717, 1.165) is 11.4 Å². The van der Waals surface area contributed by atoms with Crippen LogP contribution in [0.25, 0.3) is 5.69 Å². The maximum Gasteiger partial charge on any atom is 0.251 e. The molecular weight excluding hydrogens is 304 g/mol. The lowest BCUT2D eigenvalue weighted by Gasteiger charge is -2.21. The Morgan fingerprint density at radius 3 is 2.42 bits per heavy atom. The predicted octanol–water partition coefficient (Wildman–Crippen LogP) is 3.02. The van der Waals surface area contributed by atoms with Gasteiger partial charge in [0.25, 0.3) is 5.91 Å². The van der Waals surface area contributed by atoms with Gasteiger partial charge >= 0.3 is 0 Å². The standard InChI is InChI=1S/C19H20N2O3/c1-14-5-10-17(24-14)19(2,23)13-20-18(22)15-6-8-16(9-7-15)21-11-3-4-12-21/h3-12,23H,13H2,1-2H3,(H,20,22). The minimum Gasteiger partial charge on any atom is -0.463 e. The second kappa shape index (κ2) is 6.37. The van der Waals surface area contributed by atoms with Crippen LogP contribution in [-0.4, -0.2) is 22.1 Å². The molecule has 0 spiro atoms. The van der Waals surface area contributed by atoms with Gasteiger partial charge < -0.3 is 19.4 Å². The Hall–Kier alpha value is -2.79. The second-order valence-electron chi connectivity index (χ2n) is 6.00. The fraction of sp³-hybridized carbons (Fsp3) is 0.211. The highest BCUT2D eigenvalue weighted by molar-refractivity contribution is 5.94. The van der Waals surface area contributed by atoms with E-state index in [0.29, 0.717) is 11.3 Å². The number of carbonyl (C=O) groups is 1. The second-order valence-corrected chi connectivity index (χ2v) is 6.00. The number of nitrogens with zero attached hydrogens (tertiary/aromatic N) is 1. The van der Waals surface area contributed by atoms with Crippen molar-refractivity contribution in [1.82, 2.24) is 9.88 Å². The summed E-state index contributed by atoms with van der Waals surface area (Å²) >= 11 is 0. The van der Waals surface area contributed by atoms with Gasteiger partial charge in [-0.05, 0) is 62.4 Å². The van der Waals surface area contributed by atoms with Gasteiger partial charge in [-0.3, -0.25) is 4.79 Å². The lowest BCUT2D eigenvalue weighted by atomic mass is 10.0. The fourth-order valence-electron chi connectivity index (χ4n) is 2.46. The maximum absolute atomic E-state index is 12.3. The van der Waals surface area contributed by atoms with Crippen molar-refractivity contribution in [2.24, 2.45) is 0 Å². The number of hydrogen-bond donors (Lipinski definition) is 2. The van der Waals surface area contributed by atoms with Crippen molar-refractivity contribution in [3.05, 3.63) is 78.0 Å². The van der Waals surface area contributed by atoms with E-state index >= 15 is 0 Å². The van der Waals surface area contributed by atoms with E-state index in [1.165, 1.54) is 0 Å². The van der Waals surface area contributed by atoms with Crippen molar-refractivity contribution >= 4 is 5.91 Å². The molecule has 0 bridgehead atoms. The van der Waals surface area contributed by atoms with E-state index in [2.05, 4.69) is 5.32 Å². The van der Waals surface area contributed by atoms with Gasteiger partial charge in [0.15, 0.2) is 0 Å². The number of furan rings is 1. The van der Waals surface area contributed by atoms with Crippen molar-refractivity contribution in [2.75, 3.05) is 6.54 Å². The van der Waals surface area contributed by atoms with Gasteiger partial charge in [-0.25, -0.2) is 0 Å². The van der Waals surface area contributed by atoms with Crippen LogP contribution in [0.3, 0.4) is 0 Å². The quantitative estimate of drug-likeness (QED) is 0.758. The van der Waals surface area contributed by atoms with Gasteiger partial charge in [0.05, 0.1) is 6.54 Å². The molecule has 0 aliphatic carbocycles. The molecule has 3 aromatic rings. The number of nitrogens with one attached hydrogen (secondary N) is 1. The van der Waals surface area contributed by atoms with E-state index in [4.69, 9.17) is 4.42 Å². The zero-order chi connectivity index (χ0) is 17.2. The van der Waals surface area contributed by atoms with Crippen molar-refractivity contribution in [2.45, 2.75) is 19.4 Å². The predicted molar refractivity (Wildman–Crippen MR) is 91.1 cm³/mol. The third kappa shape index (κ3) is 3.41. The van der Waals surface area contributed by atoms with Crippen molar-refractivity contribution in [3.63, 3.8) is 0 Å². The smallest absolute Gasteiger partial charge is 0.251 e. The normalized spacial score (nSPS) is 13.5. The molecule has 1 aromatic carbocycles. The van der Waals surface area contributed by atoms with Gasteiger partial charge in [0, 0.05) is 23.6 Å². The third-order valence-corrected chi connectivity index (χ3v) is 3.90. The first-order valence-electron chi connectivity index (χ1n) is 7.77. The summed E-state index contributed by atoms with van der Waals surface area (Å²) in [7, 11) is 0. The van der Waals surface area contributed by atoms with Crippen LogP contribution in [0.4, 0.5) is 0 Å². The molecule has 2 aromatic heterocycles. The maximum atomic E-state index is 12.3. The molecule has 2 N–H and O–H groups in total. The summed E-state index contributed by atoms with van der Waals surface area (Å²) in [5.41, 5.74) is 0.265. The molecule has 0 fully saturated rings. The molecule has 1 amide bonds. The molecule has 124 valence electrons. The topological polar surface area (TPSA) is 67.4 Å². The number of aryl methyl sites for hydroxylation is 1. The summed E-state index contributed by atoms with van der Waals surface area (Å²) in [6, 6.07) is 14.7. The van der Waals surface area contributed by atoms with Crippen LogP contribution in [0.5, 0.6) is 0 Å². The monoisotopic (exact) mass is 324 g/mol. The van der Waals surface area contributed by atoms with Crippen LogP contribution in [0.1, 0.15) is 28.8 Å². The molecule has 0 aliphatic heterocycles. The van der Waals surface area contributed by atoms with Crippen molar-refractivity contribution in [1.29, 1.82) is 0 Å². The van der Waals surface area contributed by atoms with E-state index in [9.17, 15) is 9.90 Å². The Kier molecular flexibility index (Phi) is 4.27. The third-order valence-electron chi connectivity index (χ3n) is 3.90. The zero-order valence-corrected chi connectivity index (χ0v) is 13.7. The number of hydrogen-bond acceptors (Lipinski definition) is 3. The SMILES string of the molecule is Cc1ccc(C(C)(O)CNC(=O)c2ccc(-n3cccc3)cc2)o1. The highest BCUT2D eigenvalue weighted by atomic mass is 16.4. The van der Waals surface area contributed by atoms with E-state index in [1.807, 2.05) is 48.1 Å². The molecular formula is C19H20N2O3. The van der Waals surface area contributed by atoms with Gasteiger partial charge in [-0.15, -0.1) is 0 Å². The van der Waals surface area contributed by atoms with Crippen molar-refractivity contribution < 1.29 is 14.3 Å². The first-order chi connectivity index (χ1) is 11.5. The first-order valence-corrected chi connectivity index (χ1v) is 7.77. The molecule has 0 saturated heterocycles. The van der Waals surface area contributed by atoms with E-state index < -0.39 is 5.60 Å². The highest BCUT2D eigenvalue weighted by Gasteiger charge is 2.27. The number of aliphatic hydroxyl groups is 1. The molecule has 3 rings (SSSR count). The number of aromatic nitrogens is 1. The Morgan fingerprint density at radius 2 is 1.83 bits per heavy atom. The lowest BCUT2D eigenvalue weighted by molar-refractivity contribution is 0.0323. The largest absolute Gasteiger partial charge is 0.463 e. The average Bonchev–Trinajstić information content (AvgIpc) is 3.24. The number of benzene rings is 1. The van der Waals surface area contributed by atoms with Gasteiger partial charge in [-0.2, -0.15) is 0 Å². The summed E-state index contributed by atoms with van der Waals surface area (Å²) in [6.07, 6.45) is 3.88. The number of amides is 1. The van der Waals surface area contributed by atoms with Gasteiger partial charge in [0.2, 0.25) is 0 Å². The van der Waals surface area contributed by atoms with Crippen LogP contribution >= 0.6 is 0 Å². The van der Waals surface area contributed by atoms with Crippen molar-refractivity contribution in [3.8, 4) is 5.69 Å². The highest BCUT2D eigenvalue weighted by Crippen LogP contribution is 2.22. The summed E-state index contributed by atoms with van der Waals surface area (Å²) in [5.74, 6) is 0.915. The summed E-state index contributed by atoms with van der Waals surface area (Å²) in [4.78, 5) is 12.3. The fourth-order valence-corrected chi connectivity index (χ4v) is 2.46. The van der Waals surface area contributed by atoms with E-state index in [-0.39, 0.29) is 12.5 Å². The molecule has 1 unspecified atom stereocenters. The van der Waals surface area contributed by atoms with Gasteiger partial charge in [0.1, 0.15) is 17.1 Å². The Bertz CT molecular complexity index is 815. The average molecular weight is 324 g/mol. The number of rotatable bonds is 5. The molecule has 5 nitrogen and oxygen atoms in total. The van der Waals surface area contributed by atoms with Crippen LogP contribution in [0.15, 0.2) is 65.3 Å². The zero-order valence-electron chi connectivity index (χ0n) is 13.7. The summed E-state index contributed by atoms with van der Waals surface area (Å²) < 4.78 is 7.40. The summed E-state index contributed by atoms with van der Waals surface area (Å²) in [5, 5.41) is 13.2. The van der Waals surface area contributed by atoms with Crippen LogP contribution in [0.2, 0.25) is 0 Å².